The van der Waals surface area contributed by atoms with Gasteiger partial charge in [0.1, 0.15) is 23.0 Å². The van der Waals surface area contributed by atoms with Crippen molar-refractivity contribution in [3.8, 4) is 59.2 Å². The van der Waals surface area contributed by atoms with E-state index in [0.29, 0.717) is 22.6 Å². The van der Waals surface area contributed by atoms with Gasteiger partial charge >= 0.3 is 0 Å². The molecule has 0 aliphatic carbocycles. The molecule has 6 nitrogen and oxygen atoms in total. The van der Waals surface area contributed by atoms with Crippen molar-refractivity contribution in [2.45, 2.75) is 0 Å². The van der Waals surface area contributed by atoms with Gasteiger partial charge in [0.15, 0.2) is 11.5 Å². The second-order valence-electron chi connectivity index (χ2n) is 5.78. The maximum absolute atomic E-state index is 9.57. The second-order valence-corrected chi connectivity index (χ2v) is 5.78. The van der Waals surface area contributed by atoms with Gasteiger partial charge in [-0.1, -0.05) is 11.8 Å². The standard InChI is InChI=1S/C22H16N2O4/c1-3-13-9-21(27-15-5-7-19(25)17(23)11-15)22(10-14(13)4-2)28-16-6-8-20(26)18(24)12-16/h1-2,5-12,25-26H,23-24H2. The summed E-state index contributed by atoms with van der Waals surface area (Å²) in [6, 6.07) is 11.9. The number of nitrogen functional groups attached to an aromatic ring is 2. The van der Waals surface area contributed by atoms with Crippen LogP contribution in [0.15, 0.2) is 48.5 Å². The van der Waals surface area contributed by atoms with E-state index in [1.165, 1.54) is 24.3 Å². The Morgan fingerprint density at radius 1 is 0.679 bits per heavy atom. The number of hydrogen-bond donors (Lipinski definition) is 4. The Bertz CT molecular complexity index is 1050. The van der Waals surface area contributed by atoms with E-state index in [4.69, 9.17) is 33.8 Å². The molecule has 6 heteroatoms. The van der Waals surface area contributed by atoms with E-state index >= 15 is 0 Å². The Balaban J connectivity index is 2.05. The van der Waals surface area contributed by atoms with Crippen molar-refractivity contribution in [3.05, 3.63) is 59.7 Å². The molecule has 0 aliphatic rings. The molecule has 3 aromatic carbocycles. The summed E-state index contributed by atoms with van der Waals surface area (Å²) in [5, 5.41) is 19.1. The van der Waals surface area contributed by atoms with Crippen LogP contribution in [-0.2, 0) is 0 Å². The van der Waals surface area contributed by atoms with Crippen molar-refractivity contribution < 1.29 is 19.7 Å². The number of rotatable bonds is 4. The first-order chi connectivity index (χ1) is 13.4. The number of anilines is 2. The van der Waals surface area contributed by atoms with E-state index in [2.05, 4.69) is 11.8 Å². The average molecular weight is 372 g/mol. The molecule has 0 saturated heterocycles. The summed E-state index contributed by atoms with van der Waals surface area (Å²) >= 11 is 0. The molecular weight excluding hydrogens is 356 g/mol. The SMILES string of the molecule is C#Cc1cc(Oc2ccc(O)c(N)c2)c(Oc2ccc(O)c(N)c2)cc1C#C. The summed E-state index contributed by atoms with van der Waals surface area (Å²) in [5.41, 5.74) is 12.6. The predicted molar refractivity (Wildman–Crippen MR) is 107 cm³/mol. The highest BCUT2D eigenvalue weighted by atomic mass is 16.5. The minimum Gasteiger partial charge on any atom is -0.506 e. The fourth-order valence-electron chi connectivity index (χ4n) is 2.40. The van der Waals surface area contributed by atoms with Gasteiger partial charge in [0.2, 0.25) is 0 Å². The van der Waals surface area contributed by atoms with Gasteiger partial charge in [-0.3, -0.25) is 0 Å². The van der Waals surface area contributed by atoms with Crippen LogP contribution in [0.25, 0.3) is 0 Å². The van der Waals surface area contributed by atoms with Crippen molar-refractivity contribution in [3.63, 3.8) is 0 Å². The van der Waals surface area contributed by atoms with Crippen LogP contribution in [0.3, 0.4) is 0 Å². The lowest BCUT2D eigenvalue weighted by molar-refractivity contribution is 0.416. The maximum Gasteiger partial charge on any atom is 0.171 e. The molecule has 0 atom stereocenters. The summed E-state index contributed by atoms with van der Waals surface area (Å²) in [5.74, 6) is 6.18. The zero-order valence-corrected chi connectivity index (χ0v) is 14.6. The average Bonchev–Trinajstić information content (AvgIpc) is 2.68. The molecule has 0 unspecified atom stereocenters. The van der Waals surface area contributed by atoms with Gasteiger partial charge in [-0.25, -0.2) is 0 Å². The molecule has 28 heavy (non-hydrogen) atoms. The highest BCUT2D eigenvalue weighted by Gasteiger charge is 2.14. The molecule has 0 spiro atoms. The van der Waals surface area contributed by atoms with E-state index in [1.807, 2.05) is 0 Å². The van der Waals surface area contributed by atoms with Crippen molar-refractivity contribution in [1.82, 2.24) is 0 Å². The molecule has 0 heterocycles. The number of ether oxygens (including phenoxy) is 2. The van der Waals surface area contributed by atoms with E-state index in [9.17, 15) is 10.2 Å². The van der Waals surface area contributed by atoms with Gasteiger partial charge in [-0.15, -0.1) is 12.8 Å². The summed E-state index contributed by atoms with van der Waals surface area (Å²) < 4.78 is 11.7. The summed E-state index contributed by atoms with van der Waals surface area (Å²) in [6.45, 7) is 0. The number of benzene rings is 3. The smallest absolute Gasteiger partial charge is 0.171 e. The topological polar surface area (TPSA) is 111 Å². The lowest BCUT2D eigenvalue weighted by Gasteiger charge is -2.15. The number of phenolic OH excluding ortho intramolecular Hbond substituents is 2. The molecule has 6 N–H and O–H groups in total. The molecule has 3 aromatic rings. The molecule has 3 rings (SSSR count). The lowest BCUT2D eigenvalue weighted by atomic mass is 10.1. The quantitative estimate of drug-likeness (QED) is 0.315. The monoisotopic (exact) mass is 372 g/mol. The zero-order valence-electron chi connectivity index (χ0n) is 14.6. The number of hydrogen-bond acceptors (Lipinski definition) is 6. The van der Waals surface area contributed by atoms with E-state index < -0.39 is 0 Å². The largest absolute Gasteiger partial charge is 0.506 e. The fraction of sp³-hybridized carbons (Fsp3) is 0. The molecule has 0 bridgehead atoms. The van der Waals surface area contributed by atoms with E-state index in [-0.39, 0.29) is 34.4 Å². The fourth-order valence-corrected chi connectivity index (χ4v) is 2.40. The van der Waals surface area contributed by atoms with Crippen molar-refractivity contribution in [2.24, 2.45) is 0 Å². The molecule has 0 aliphatic heterocycles. The third-order valence-corrected chi connectivity index (χ3v) is 3.85. The molecule has 0 fully saturated rings. The van der Waals surface area contributed by atoms with Gasteiger partial charge in [0.05, 0.1) is 11.4 Å². The number of nitrogens with two attached hydrogens (primary N) is 2. The van der Waals surface area contributed by atoms with Crippen LogP contribution >= 0.6 is 0 Å². The van der Waals surface area contributed by atoms with Gasteiger partial charge in [-0.2, -0.15) is 0 Å². The van der Waals surface area contributed by atoms with Gasteiger partial charge in [-0.05, 0) is 24.3 Å². The zero-order chi connectivity index (χ0) is 20.3. The second kappa shape index (κ2) is 7.45. The van der Waals surface area contributed by atoms with Crippen LogP contribution in [0.5, 0.6) is 34.5 Å². The first-order valence-corrected chi connectivity index (χ1v) is 8.05. The Hall–Kier alpha value is -4.42. The lowest BCUT2D eigenvalue weighted by Crippen LogP contribution is -1.96. The maximum atomic E-state index is 9.57. The molecule has 0 amide bonds. The molecule has 138 valence electrons. The Labute approximate surface area is 161 Å². The third-order valence-electron chi connectivity index (χ3n) is 3.85. The van der Waals surface area contributed by atoms with Crippen molar-refractivity contribution >= 4 is 11.4 Å². The minimum absolute atomic E-state index is 0.0598. The minimum atomic E-state index is -0.0598. The first kappa shape index (κ1) is 18.4. The highest BCUT2D eigenvalue weighted by Crippen LogP contribution is 2.39. The normalized spacial score (nSPS) is 9.93. The molecule has 0 radical (unpaired) electrons. The van der Waals surface area contributed by atoms with Gasteiger partial charge < -0.3 is 31.2 Å². The number of phenols is 2. The summed E-state index contributed by atoms with van der Waals surface area (Å²) in [6.07, 6.45) is 11.1. The van der Waals surface area contributed by atoms with Crippen LogP contribution in [0.1, 0.15) is 11.1 Å². The summed E-state index contributed by atoms with van der Waals surface area (Å²) in [4.78, 5) is 0. The third kappa shape index (κ3) is 3.72. The van der Waals surface area contributed by atoms with Gasteiger partial charge in [0.25, 0.3) is 0 Å². The van der Waals surface area contributed by atoms with Crippen LogP contribution in [0.2, 0.25) is 0 Å². The highest BCUT2D eigenvalue weighted by molar-refractivity contribution is 5.62. The van der Waals surface area contributed by atoms with Crippen LogP contribution in [-0.4, -0.2) is 10.2 Å². The Morgan fingerprint density at radius 2 is 1.07 bits per heavy atom. The van der Waals surface area contributed by atoms with E-state index in [0.717, 1.165) is 0 Å². The first-order valence-electron chi connectivity index (χ1n) is 8.05. The number of aromatic hydroxyl groups is 2. The molecule has 0 saturated carbocycles. The molecule has 0 aromatic heterocycles. The Morgan fingerprint density at radius 3 is 1.39 bits per heavy atom. The van der Waals surface area contributed by atoms with E-state index in [1.54, 1.807) is 24.3 Å². The van der Waals surface area contributed by atoms with Crippen molar-refractivity contribution in [2.75, 3.05) is 11.5 Å². The van der Waals surface area contributed by atoms with Crippen LogP contribution in [0, 0.1) is 24.7 Å². The molecular formula is C22H16N2O4. The summed E-state index contributed by atoms with van der Waals surface area (Å²) in [7, 11) is 0. The van der Waals surface area contributed by atoms with Crippen LogP contribution in [0.4, 0.5) is 11.4 Å². The van der Waals surface area contributed by atoms with Crippen LogP contribution < -0.4 is 20.9 Å². The van der Waals surface area contributed by atoms with Crippen molar-refractivity contribution in [1.29, 1.82) is 0 Å². The number of terminal acetylenes is 2. The Kier molecular flexibility index (Phi) is 4.89. The predicted octanol–water partition coefficient (Wildman–Crippen LogP) is 3.81. The van der Waals surface area contributed by atoms with Gasteiger partial charge in [0, 0.05) is 35.4 Å².